The molecule has 0 bridgehead atoms. The predicted octanol–water partition coefficient (Wildman–Crippen LogP) is 1.11. The van der Waals surface area contributed by atoms with Gasteiger partial charge in [-0.05, 0) is 40.3 Å². The van der Waals surface area contributed by atoms with Crippen LogP contribution in [0.5, 0.6) is 0 Å². The summed E-state index contributed by atoms with van der Waals surface area (Å²) in [5.41, 5.74) is 0. The molecule has 0 aromatic rings. The van der Waals surface area contributed by atoms with Crippen LogP contribution in [0, 0.1) is 0 Å². The molecule has 0 atom stereocenters. The summed E-state index contributed by atoms with van der Waals surface area (Å²) < 4.78 is 10.1. The average Bonchev–Trinajstić information content (AvgIpc) is 1.79. The molecule has 0 saturated heterocycles. The molecular formula is C8H27N3Si3. The van der Waals surface area contributed by atoms with Crippen molar-refractivity contribution in [3.63, 3.8) is 0 Å². The first-order valence-electron chi connectivity index (χ1n) is 5.31. The first kappa shape index (κ1) is 14.5. The van der Waals surface area contributed by atoms with Gasteiger partial charge in [-0.2, -0.15) is 0 Å². The van der Waals surface area contributed by atoms with Gasteiger partial charge >= 0.3 is 0 Å². The molecule has 0 aromatic heterocycles. The molecule has 0 unspecified atom stereocenters. The van der Waals surface area contributed by atoms with Crippen LogP contribution in [0.4, 0.5) is 0 Å². The zero-order valence-corrected chi connectivity index (χ0v) is 14.2. The quantitative estimate of drug-likeness (QED) is 0.715. The summed E-state index contributed by atoms with van der Waals surface area (Å²) in [7, 11) is 0.930. The van der Waals surface area contributed by atoms with E-state index in [1.165, 1.54) is 0 Å². The molecule has 0 fully saturated rings. The van der Waals surface area contributed by atoms with Crippen LogP contribution >= 0.6 is 0 Å². The molecule has 0 aromatic carbocycles. The fourth-order valence-electron chi connectivity index (χ4n) is 1.63. The summed E-state index contributed by atoms with van der Waals surface area (Å²) in [5.74, 6) is 0. The third kappa shape index (κ3) is 5.42. The van der Waals surface area contributed by atoms with Gasteiger partial charge in [-0.25, -0.2) is 0 Å². The van der Waals surface area contributed by atoms with Crippen LogP contribution in [-0.4, -0.2) is 44.4 Å². The molecule has 0 heterocycles. The van der Waals surface area contributed by atoms with Crippen molar-refractivity contribution in [2.75, 3.05) is 14.1 Å². The smallest absolute Gasteiger partial charge is 0.191 e. The van der Waals surface area contributed by atoms with Gasteiger partial charge in [-0.1, -0.05) is 13.1 Å². The van der Waals surface area contributed by atoms with Crippen LogP contribution in [0.25, 0.3) is 0 Å². The van der Waals surface area contributed by atoms with E-state index in [0.717, 1.165) is 0 Å². The van der Waals surface area contributed by atoms with Crippen LogP contribution in [0.15, 0.2) is 0 Å². The van der Waals surface area contributed by atoms with Gasteiger partial charge in [0.1, 0.15) is 0 Å². The van der Waals surface area contributed by atoms with Crippen molar-refractivity contribution in [1.29, 1.82) is 0 Å². The van der Waals surface area contributed by atoms with E-state index in [9.17, 15) is 0 Å². The lowest BCUT2D eigenvalue weighted by atomic mass is 11.3. The van der Waals surface area contributed by atoms with E-state index in [-0.39, 0.29) is 0 Å². The molecule has 0 aliphatic rings. The first-order valence-corrected chi connectivity index (χ1v) is 14.1. The minimum Gasteiger partial charge on any atom is -0.350 e. The highest BCUT2D eigenvalue weighted by atomic mass is 28.4. The Morgan fingerprint density at radius 1 is 1.00 bits per heavy atom. The fraction of sp³-hybridized carbons (Fsp3) is 1.00. The summed E-state index contributed by atoms with van der Waals surface area (Å²) in [6, 6.07) is 0. The van der Waals surface area contributed by atoms with Crippen LogP contribution in [-0.2, 0) is 0 Å². The minimum atomic E-state index is -1.38. The van der Waals surface area contributed by atoms with Gasteiger partial charge in [0.05, 0.1) is 8.96 Å². The molecule has 0 amide bonds. The summed E-state index contributed by atoms with van der Waals surface area (Å²) in [6.45, 7) is 14.2. The maximum atomic E-state index is 3.89. The Morgan fingerprint density at radius 2 is 1.43 bits per heavy atom. The fourth-order valence-corrected chi connectivity index (χ4v) is 15.4. The second-order valence-corrected chi connectivity index (χ2v) is 17.2. The predicted molar refractivity (Wildman–Crippen MR) is 73.8 cm³/mol. The monoisotopic (exact) mass is 249 g/mol. The lowest BCUT2D eigenvalue weighted by Gasteiger charge is -2.39. The highest BCUT2D eigenvalue weighted by molar-refractivity contribution is 6.92. The van der Waals surface area contributed by atoms with Gasteiger partial charge in [-0.3, -0.25) is 0 Å². The number of nitrogens with zero attached hydrogens (tertiary/aromatic N) is 1. The van der Waals surface area contributed by atoms with E-state index >= 15 is 0 Å². The van der Waals surface area contributed by atoms with Crippen molar-refractivity contribution < 1.29 is 0 Å². The Morgan fingerprint density at radius 3 is 1.71 bits per heavy atom. The van der Waals surface area contributed by atoms with Crippen LogP contribution in [0.2, 0.25) is 39.3 Å². The second-order valence-electron chi connectivity index (χ2n) is 5.50. The van der Waals surface area contributed by atoms with Crippen LogP contribution < -0.4 is 9.30 Å². The number of hydrogen-bond donors (Lipinski definition) is 2. The van der Waals surface area contributed by atoms with E-state index in [1.807, 2.05) is 0 Å². The minimum absolute atomic E-state index is 0.663. The molecular weight excluding hydrogens is 222 g/mol. The molecule has 0 aliphatic heterocycles. The summed E-state index contributed by atoms with van der Waals surface area (Å²) in [4.78, 5) is 0. The standard InChI is InChI=1S/C8H27N3Si3/c1-11(2)14(7,8)10-13(5,6)9-12(3)4/h9-10,12H,1-8H3. The van der Waals surface area contributed by atoms with Crippen molar-refractivity contribution in [2.24, 2.45) is 0 Å². The molecule has 6 heteroatoms. The zero-order valence-electron chi connectivity index (χ0n) is 11.0. The van der Waals surface area contributed by atoms with Crippen molar-refractivity contribution in [3.8, 4) is 0 Å². The Bertz CT molecular complexity index is 181. The molecule has 0 spiro atoms. The zero-order chi connectivity index (χ0) is 11.6. The van der Waals surface area contributed by atoms with E-state index in [2.05, 4.69) is 67.2 Å². The second kappa shape index (κ2) is 5.04. The van der Waals surface area contributed by atoms with Crippen molar-refractivity contribution in [2.45, 2.75) is 39.3 Å². The summed E-state index contributed by atoms with van der Waals surface area (Å²) in [5, 5.41) is 0. The maximum Gasteiger partial charge on any atom is 0.191 e. The summed E-state index contributed by atoms with van der Waals surface area (Å²) in [6.07, 6.45) is 0. The molecule has 86 valence electrons. The maximum absolute atomic E-state index is 3.89. The topological polar surface area (TPSA) is 27.3 Å². The van der Waals surface area contributed by atoms with Gasteiger partial charge in [0.15, 0.2) is 16.8 Å². The SMILES string of the molecule is CN(C)[Si](C)(C)N[Si](C)(C)N[SiH](C)C. The molecule has 0 saturated carbocycles. The molecule has 2 N–H and O–H groups in total. The van der Waals surface area contributed by atoms with Gasteiger partial charge < -0.3 is 13.9 Å². The van der Waals surface area contributed by atoms with Crippen molar-refractivity contribution >= 4 is 25.8 Å². The van der Waals surface area contributed by atoms with E-state index in [1.54, 1.807) is 0 Å². The Hall–Kier alpha value is 0.531. The van der Waals surface area contributed by atoms with E-state index < -0.39 is 25.8 Å². The van der Waals surface area contributed by atoms with E-state index in [0.29, 0.717) is 0 Å². The van der Waals surface area contributed by atoms with Crippen molar-refractivity contribution in [1.82, 2.24) is 13.9 Å². The Kier molecular flexibility index (Phi) is 5.23. The van der Waals surface area contributed by atoms with Gasteiger partial charge in [0.2, 0.25) is 0 Å². The third-order valence-electron chi connectivity index (χ3n) is 2.39. The lowest BCUT2D eigenvalue weighted by molar-refractivity contribution is 0.612. The Balaban J connectivity index is 4.34. The van der Waals surface area contributed by atoms with Gasteiger partial charge in [0, 0.05) is 0 Å². The summed E-state index contributed by atoms with van der Waals surface area (Å²) >= 11 is 0. The number of hydrogen-bond acceptors (Lipinski definition) is 3. The number of nitrogens with one attached hydrogen (secondary N) is 2. The molecule has 0 rings (SSSR count). The first-order chi connectivity index (χ1) is 6.07. The Labute approximate surface area is 93.3 Å². The largest absolute Gasteiger partial charge is 0.350 e. The normalized spacial score (nSPS) is 14.1. The van der Waals surface area contributed by atoms with Gasteiger partial charge in [-0.15, -0.1) is 0 Å². The average molecular weight is 250 g/mol. The highest BCUT2D eigenvalue weighted by Crippen LogP contribution is 2.05. The third-order valence-corrected chi connectivity index (χ3v) is 14.8. The molecule has 3 nitrogen and oxygen atoms in total. The molecule has 14 heavy (non-hydrogen) atoms. The molecule has 0 aliphatic carbocycles. The molecule has 0 radical (unpaired) electrons. The van der Waals surface area contributed by atoms with Crippen LogP contribution in [0.1, 0.15) is 0 Å². The number of rotatable bonds is 5. The highest BCUT2D eigenvalue weighted by Gasteiger charge is 2.33. The van der Waals surface area contributed by atoms with E-state index in [4.69, 9.17) is 0 Å². The lowest BCUT2D eigenvalue weighted by Crippen LogP contribution is -2.72. The van der Waals surface area contributed by atoms with Gasteiger partial charge in [0.25, 0.3) is 0 Å². The van der Waals surface area contributed by atoms with Crippen LogP contribution in [0.3, 0.4) is 0 Å². The van der Waals surface area contributed by atoms with Crippen molar-refractivity contribution in [3.05, 3.63) is 0 Å².